The molecule has 0 saturated carbocycles. The van der Waals surface area contributed by atoms with Crippen LogP contribution in [0.25, 0.3) is 0 Å². The van der Waals surface area contributed by atoms with E-state index in [0.29, 0.717) is 19.3 Å². The fourth-order valence-electron chi connectivity index (χ4n) is 9.55. The molecule has 0 aliphatic rings. The number of rotatable bonds is 56. The highest BCUT2D eigenvalue weighted by molar-refractivity contribution is 5.71. The Balaban J connectivity index is 4.23. The molecule has 6 nitrogen and oxygen atoms in total. The first-order chi connectivity index (χ1) is 33.3. The topological polar surface area (TPSA) is 78.9 Å². The van der Waals surface area contributed by atoms with Crippen molar-refractivity contribution in [2.24, 2.45) is 11.8 Å². The third-order valence-corrected chi connectivity index (χ3v) is 14.6. The van der Waals surface area contributed by atoms with Crippen LogP contribution in [-0.4, -0.2) is 37.2 Å². The number of hydrogen-bond donors (Lipinski definition) is 0. The maximum atomic E-state index is 12.9. The fourth-order valence-corrected chi connectivity index (χ4v) is 9.55. The average Bonchev–Trinajstić information content (AvgIpc) is 3.32. The lowest BCUT2D eigenvalue weighted by molar-refractivity contribution is -0.167. The minimum Gasteiger partial charge on any atom is -0.462 e. The molecule has 6 heteroatoms. The monoisotopic (exact) mass is 961 g/mol. The molecule has 1 unspecified atom stereocenters. The summed E-state index contributed by atoms with van der Waals surface area (Å²) in [5.41, 5.74) is 0. The summed E-state index contributed by atoms with van der Waals surface area (Å²) in [6.07, 6.45) is 59.5. The van der Waals surface area contributed by atoms with Crippen molar-refractivity contribution in [2.45, 2.75) is 355 Å². The van der Waals surface area contributed by atoms with Crippen molar-refractivity contribution in [3.8, 4) is 0 Å². The summed E-state index contributed by atoms with van der Waals surface area (Å²) in [4.78, 5) is 38.2. The van der Waals surface area contributed by atoms with Crippen LogP contribution < -0.4 is 0 Å². The molecule has 0 spiro atoms. The van der Waals surface area contributed by atoms with Crippen molar-refractivity contribution in [3.63, 3.8) is 0 Å². The van der Waals surface area contributed by atoms with Gasteiger partial charge in [-0.2, -0.15) is 0 Å². The van der Waals surface area contributed by atoms with Gasteiger partial charge in [0, 0.05) is 19.3 Å². The quantitative estimate of drug-likeness (QED) is 0.0343. The minimum absolute atomic E-state index is 0.0623. The largest absolute Gasteiger partial charge is 0.462 e. The minimum atomic E-state index is -0.763. The molecule has 0 heterocycles. The highest BCUT2D eigenvalue weighted by Gasteiger charge is 2.19. The average molecular weight is 962 g/mol. The molecule has 0 amide bonds. The van der Waals surface area contributed by atoms with Crippen LogP contribution in [0.1, 0.15) is 349 Å². The van der Waals surface area contributed by atoms with E-state index in [1.165, 1.54) is 238 Å². The molecule has 0 aromatic rings. The number of ether oxygens (including phenoxy) is 3. The summed E-state index contributed by atoms with van der Waals surface area (Å²) < 4.78 is 16.9. The third kappa shape index (κ3) is 53.8. The zero-order valence-corrected chi connectivity index (χ0v) is 46.7. The van der Waals surface area contributed by atoms with Gasteiger partial charge in [0.05, 0.1) is 0 Å². The van der Waals surface area contributed by atoms with Gasteiger partial charge in [-0.3, -0.25) is 14.4 Å². The van der Waals surface area contributed by atoms with Gasteiger partial charge in [0.25, 0.3) is 0 Å². The second-order valence-corrected chi connectivity index (χ2v) is 22.1. The molecule has 68 heavy (non-hydrogen) atoms. The van der Waals surface area contributed by atoms with Gasteiger partial charge in [-0.15, -0.1) is 0 Å². The van der Waals surface area contributed by atoms with Gasteiger partial charge in [0.15, 0.2) is 6.10 Å². The maximum absolute atomic E-state index is 12.9. The van der Waals surface area contributed by atoms with Crippen molar-refractivity contribution in [2.75, 3.05) is 13.2 Å². The van der Waals surface area contributed by atoms with E-state index in [-0.39, 0.29) is 31.1 Å². The predicted molar refractivity (Wildman–Crippen MR) is 293 cm³/mol. The summed E-state index contributed by atoms with van der Waals surface area (Å²) in [7, 11) is 0. The first kappa shape index (κ1) is 66.4. The summed E-state index contributed by atoms with van der Waals surface area (Å²) >= 11 is 0. The van der Waals surface area contributed by atoms with E-state index in [1.807, 2.05) is 0 Å². The second kappa shape index (κ2) is 54.7. The highest BCUT2D eigenvalue weighted by atomic mass is 16.6. The normalized spacial score (nSPS) is 12.4. The molecule has 0 bridgehead atoms. The van der Waals surface area contributed by atoms with Crippen LogP contribution in [0, 0.1) is 11.8 Å². The van der Waals surface area contributed by atoms with Crippen LogP contribution in [0.3, 0.4) is 0 Å². The van der Waals surface area contributed by atoms with E-state index in [1.54, 1.807) is 0 Å². The molecule has 0 fully saturated rings. The SMILES string of the molecule is CCCCCCCCCCCCCCCCC(=O)OC[C@H](COC(=O)CCCCCCCCCCCCCCCCCCCCC(C)CC)OC(=O)CCCCCCCCCCCCCC(C)C. The molecule has 0 aliphatic carbocycles. The Kier molecular flexibility index (Phi) is 53.5. The maximum Gasteiger partial charge on any atom is 0.306 e. The van der Waals surface area contributed by atoms with Gasteiger partial charge < -0.3 is 14.2 Å². The lowest BCUT2D eigenvalue weighted by atomic mass is 9.99. The molecule has 0 aromatic heterocycles. The zero-order chi connectivity index (χ0) is 49.6. The van der Waals surface area contributed by atoms with E-state index < -0.39 is 6.10 Å². The van der Waals surface area contributed by atoms with Gasteiger partial charge in [0.2, 0.25) is 0 Å². The first-order valence-corrected chi connectivity index (χ1v) is 30.8. The Hall–Kier alpha value is -1.59. The molecule has 0 saturated heterocycles. The lowest BCUT2D eigenvalue weighted by Crippen LogP contribution is -2.30. The van der Waals surface area contributed by atoms with Crippen LogP contribution >= 0.6 is 0 Å². The van der Waals surface area contributed by atoms with E-state index in [9.17, 15) is 14.4 Å². The molecular formula is C62H120O6. The molecule has 0 N–H and O–H groups in total. The van der Waals surface area contributed by atoms with Crippen LogP contribution in [0.5, 0.6) is 0 Å². The molecule has 0 radical (unpaired) electrons. The number of esters is 3. The van der Waals surface area contributed by atoms with Crippen molar-refractivity contribution < 1.29 is 28.6 Å². The summed E-state index contributed by atoms with van der Waals surface area (Å²) in [5.74, 6) is 0.899. The number of carbonyl (C=O) groups is 3. The summed E-state index contributed by atoms with van der Waals surface area (Å²) in [6, 6.07) is 0. The van der Waals surface area contributed by atoms with Crippen molar-refractivity contribution in [3.05, 3.63) is 0 Å². The van der Waals surface area contributed by atoms with E-state index in [2.05, 4.69) is 34.6 Å². The first-order valence-electron chi connectivity index (χ1n) is 30.8. The number of carbonyl (C=O) groups excluding carboxylic acids is 3. The van der Waals surface area contributed by atoms with Crippen LogP contribution in [0.2, 0.25) is 0 Å². The number of hydrogen-bond acceptors (Lipinski definition) is 6. The Morgan fingerprint density at radius 3 is 0.838 bits per heavy atom. The summed E-state index contributed by atoms with van der Waals surface area (Å²) in [5, 5.41) is 0. The van der Waals surface area contributed by atoms with E-state index in [0.717, 1.165) is 69.6 Å². The van der Waals surface area contributed by atoms with Gasteiger partial charge in [-0.1, -0.05) is 311 Å². The Labute approximate surface area is 425 Å². The molecular weight excluding hydrogens is 841 g/mol. The van der Waals surface area contributed by atoms with E-state index in [4.69, 9.17) is 14.2 Å². The van der Waals surface area contributed by atoms with Gasteiger partial charge >= 0.3 is 17.9 Å². The lowest BCUT2D eigenvalue weighted by Gasteiger charge is -2.18. The Morgan fingerprint density at radius 1 is 0.309 bits per heavy atom. The van der Waals surface area contributed by atoms with Gasteiger partial charge in [0.1, 0.15) is 13.2 Å². The van der Waals surface area contributed by atoms with E-state index >= 15 is 0 Å². The van der Waals surface area contributed by atoms with Crippen molar-refractivity contribution in [1.29, 1.82) is 0 Å². The zero-order valence-electron chi connectivity index (χ0n) is 46.7. The van der Waals surface area contributed by atoms with Crippen LogP contribution in [-0.2, 0) is 28.6 Å². The third-order valence-electron chi connectivity index (χ3n) is 14.6. The molecule has 0 aliphatic heterocycles. The summed E-state index contributed by atoms with van der Waals surface area (Å²) in [6.45, 7) is 11.5. The molecule has 2 atom stereocenters. The smallest absolute Gasteiger partial charge is 0.306 e. The number of unbranched alkanes of at least 4 members (excludes halogenated alkanes) is 40. The molecule has 0 aromatic carbocycles. The Morgan fingerprint density at radius 2 is 0.559 bits per heavy atom. The predicted octanol–water partition coefficient (Wildman–Crippen LogP) is 20.4. The van der Waals surface area contributed by atoms with Crippen LogP contribution in [0.15, 0.2) is 0 Å². The molecule has 0 rings (SSSR count). The van der Waals surface area contributed by atoms with Crippen LogP contribution in [0.4, 0.5) is 0 Å². The second-order valence-electron chi connectivity index (χ2n) is 22.1. The Bertz CT molecular complexity index is 1040. The van der Waals surface area contributed by atoms with Crippen molar-refractivity contribution in [1.82, 2.24) is 0 Å². The van der Waals surface area contributed by atoms with Crippen molar-refractivity contribution >= 4 is 17.9 Å². The standard InChI is InChI=1S/C62H120O6/c1-6-8-9-10-11-12-13-14-22-27-32-37-42-47-52-60(63)66-55-59(68-62(65)54-49-44-39-34-29-24-25-30-35-40-45-50-57(3)4)56-67-61(64)53-48-43-38-33-28-23-20-18-16-15-17-19-21-26-31-36-41-46-51-58(5)7-2/h57-59H,6-56H2,1-5H3/t58?,59-/m1/s1. The van der Waals surface area contributed by atoms with Gasteiger partial charge in [-0.05, 0) is 31.1 Å². The highest BCUT2D eigenvalue weighted by Crippen LogP contribution is 2.19. The molecule has 404 valence electrons. The fraction of sp³-hybridized carbons (Fsp3) is 0.952. The van der Waals surface area contributed by atoms with Gasteiger partial charge in [-0.25, -0.2) is 0 Å².